The van der Waals surface area contributed by atoms with E-state index < -0.39 is 0 Å². The Bertz CT molecular complexity index is 392. The van der Waals surface area contributed by atoms with Crippen molar-refractivity contribution in [3.8, 4) is 0 Å². The molecule has 0 aliphatic heterocycles. The zero-order valence-electron chi connectivity index (χ0n) is 10.2. The Balaban J connectivity index is 2.71. The average Bonchev–Trinajstić information content (AvgIpc) is 2.36. The first-order chi connectivity index (χ1) is 8.17. The molecule has 5 heteroatoms. The number of aromatic nitrogens is 2. The van der Waals surface area contributed by atoms with E-state index in [9.17, 15) is 4.79 Å². The van der Waals surface area contributed by atoms with Crippen LogP contribution in [0.4, 0.5) is 5.82 Å². The van der Waals surface area contributed by atoms with Crippen molar-refractivity contribution in [3.63, 3.8) is 0 Å². The summed E-state index contributed by atoms with van der Waals surface area (Å²) in [6, 6.07) is 1.96. The first-order valence-corrected chi connectivity index (χ1v) is 5.65. The largest absolute Gasteiger partial charge is 0.368 e. The normalized spacial score (nSPS) is 11.6. The predicted octanol–water partition coefficient (Wildman–Crippen LogP) is 1.60. The number of amides is 1. The molecule has 0 aliphatic carbocycles. The van der Waals surface area contributed by atoms with E-state index in [4.69, 9.17) is 0 Å². The second-order valence-corrected chi connectivity index (χ2v) is 3.74. The van der Waals surface area contributed by atoms with Crippen molar-refractivity contribution < 1.29 is 4.79 Å². The highest BCUT2D eigenvalue weighted by Gasteiger charge is 2.08. The van der Waals surface area contributed by atoms with Gasteiger partial charge in [0.1, 0.15) is 17.8 Å². The molecule has 1 rings (SSSR count). The SMILES string of the molecule is C=CCNC(=O)c1cc(NC(C)CC)ncn1. The Morgan fingerprint density at radius 1 is 1.59 bits per heavy atom. The fourth-order valence-corrected chi connectivity index (χ4v) is 1.17. The van der Waals surface area contributed by atoms with Crippen LogP contribution < -0.4 is 10.6 Å². The van der Waals surface area contributed by atoms with Crippen molar-refractivity contribution in [2.45, 2.75) is 26.3 Å². The molecule has 1 aromatic heterocycles. The number of nitrogens with one attached hydrogen (secondary N) is 2. The summed E-state index contributed by atoms with van der Waals surface area (Å²) >= 11 is 0. The van der Waals surface area contributed by atoms with Crippen LogP contribution in [0, 0.1) is 0 Å². The van der Waals surface area contributed by atoms with Crippen molar-refractivity contribution >= 4 is 11.7 Å². The van der Waals surface area contributed by atoms with Crippen LogP contribution in [0.1, 0.15) is 30.8 Å². The molecule has 17 heavy (non-hydrogen) atoms. The Morgan fingerprint density at radius 2 is 2.35 bits per heavy atom. The molecular formula is C12H18N4O. The van der Waals surface area contributed by atoms with E-state index in [0.717, 1.165) is 6.42 Å². The van der Waals surface area contributed by atoms with Crippen LogP contribution in [0.2, 0.25) is 0 Å². The fraction of sp³-hybridized carbons (Fsp3) is 0.417. The van der Waals surface area contributed by atoms with Gasteiger partial charge in [0.05, 0.1) is 0 Å². The van der Waals surface area contributed by atoms with Gasteiger partial charge in [0.15, 0.2) is 0 Å². The lowest BCUT2D eigenvalue weighted by Gasteiger charge is -2.12. The maximum absolute atomic E-state index is 11.6. The van der Waals surface area contributed by atoms with E-state index in [1.165, 1.54) is 6.33 Å². The van der Waals surface area contributed by atoms with Crippen LogP contribution in [-0.2, 0) is 0 Å². The van der Waals surface area contributed by atoms with E-state index in [0.29, 0.717) is 24.1 Å². The van der Waals surface area contributed by atoms with Crippen LogP contribution in [0.25, 0.3) is 0 Å². The molecule has 0 saturated carbocycles. The summed E-state index contributed by atoms with van der Waals surface area (Å²) in [4.78, 5) is 19.6. The van der Waals surface area contributed by atoms with Gasteiger partial charge in [-0.2, -0.15) is 0 Å². The van der Waals surface area contributed by atoms with Crippen LogP contribution in [-0.4, -0.2) is 28.5 Å². The topological polar surface area (TPSA) is 66.9 Å². The van der Waals surface area contributed by atoms with Gasteiger partial charge >= 0.3 is 0 Å². The predicted molar refractivity (Wildman–Crippen MR) is 67.9 cm³/mol. The zero-order chi connectivity index (χ0) is 12.7. The smallest absolute Gasteiger partial charge is 0.270 e. The van der Waals surface area contributed by atoms with Crippen molar-refractivity contribution in [3.05, 3.63) is 30.7 Å². The second kappa shape index (κ2) is 6.62. The van der Waals surface area contributed by atoms with Crippen LogP contribution in [0.5, 0.6) is 0 Å². The number of rotatable bonds is 6. The van der Waals surface area contributed by atoms with Gasteiger partial charge in [-0.15, -0.1) is 6.58 Å². The van der Waals surface area contributed by atoms with Crippen molar-refractivity contribution in [1.29, 1.82) is 0 Å². The van der Waals surface area contributed by atoms with Crippen LogP contribution in [0.3, 0.4) is 0 Å². The summed E-state index contributed by atoms with van der Waals surface area (Å²) in [7, 11) is 0. The highest BCUT2D eigenvalue weighted by atomic mass is 16.1. The molecule has 0 aliphatic rings. The Labute approximate surface area is 101 Å². The summed E-state index contributed by atoms with van der Waals surface area (Å²) in [5, 5.41) is 5.86. The van der Waals surface area contributed by atoms with Crippen molar-refractivity contribution in [2.75, 3.05) is 11.9 Å². The third-order valence-electron chi connectivity index (χ3n) is 2.31. The maximum atomic E-state index is 11.6. The first kappa shape index (κ1) is 13.2. The van der Waals surface area contributed by atoms with Gasteiger partial charge in [-0.25, -0.2) is 9.97 Å². The Morgan fingerprint density at radius 3 is 3.00 bits per heavy atom. The highest BCUT2D eigenvalue weighted by Crippen LogP contribution is 2.06. The van der Waals surface area contributed by atoms with Gasteiger partial charge in [-0.05, 0) is 13.3 Å². The monoisotopic (exact) mass is 234 g/mol. The molecule has 0 saturated heterocycles. The van der Waals surface area contributed by atoms with Gasteiger partial charge in [0, 0.05) is 18.7 Å². The number of hydrogen-bond acceptors (Lipinski definition) is 4. The summed E-state index contributed by atoms with van der Waals surface area (Å²) < 4.78 is 0. The summed E-state index contributed by atoms with van der Waals surface area (Å²) in [5.74, 6) is 0.442. The third kappa shape index (κ3) is 4.22. The van der Waals surface area contributed by atoms with E-state index >= 15 is 0 Å². The number of nitrogens with zero attached hydrogens (tertiary/aromatic N) is 2. The molecule has 1 unspecified atom stereocenters. The lowest BCUT2D eigenvalue weighted by atomic mass is 10.2. The molecule has 1 atom stereocenters. The number of carbonyl (C=O) groups excluding carboxylic acids is 1. The number of carbonyl (C=O) groups is 1. The molecule has 0 bridgehead atoms. The Kier molecular flexibility index (Phi) is 5.13. The van der Waals surface area contributed by atoms with Crippen LogP contribution >= 0.6 is 0 Å². The van der Waals surface area contributed by atoms with E-state index in [1.807, 2.05) is 0 Å². The summed E-state index contributed by atoms with van der Waals surface area (Å²) in [6.07, 6.45) is 3.99. The molecule has 5 nitrogen and oxygen atoms in total. The minimum atomic E-state index is -0.223. The molecule has 1 amide bonds. The van der Waals surface area contributed by atoms with E-state index in [2.05, 4.69) is 41.0 Å². The standard InChI is InChI=1S/C12H18N4O/c1-4-6-13-12(17)10-7-11(15-8-14-10)16-9(3)5-2/h4,7-9H,1,5-6H2,2-3H3,(H,13,17)(H,14,15,16). The maximum Gasteiger partial charge on any atom is 0.270 e. The molecule has 2 N–H and O–H groups in total. The van der Waals surface area contributed by atoms with Crippen LogP contribution in [0.15, 0.2) is 25.0 Å². The zero-order valence-corrected chi connectivity index (χ0v) is 10.2. The third-order valence-corrected chi connectivity index (χ3v) is 2.31. The molecule has 1 heterocycles. The fourth-order valence-electron chi connectivity index (χ4n) is 1.17. The van der Waals surface area contributed by atoms with E-state index in [-0.39, 0.29) is 5.91 Å². The minimum absolute atomic E-state index is 0.223. The summed E-state index contributed by atoms with van der Waals surface area (Å²) in [5.41, 5.74) is 0.354. The summed E-state index contributed by atoms with van der Waals surface area (Å²) in [6.45, 7) is 8.10. The second-order valence-electron chi connectivity index (χ2n) is 3.74. The molecule has 1 aromatic rings. The Hall–Kier alpha value is -1.91. The van der Waals surface area contributed by atoms with E-state index in [1.54, 1.807) is 12.1 Å². The lowest BCUT2D eigenvalue weighted by molar-refractivity contribution is 0.0953. The molecule has 92 valence electrons. The molecular weight excluding hydrogens is 216 g/mol. The average molecular weight is 234 g/mol. The molecule has 0 aromatic carbocycles. The van der Waals surface area contributed by atoms with Crippen molar-refractivity contribution in [1.82, 2.24) is 15.3 Å². The van der Waals surface area contributed by atoms with Crippen molar-refractivity contribution in [2.24, 2.45) is 0 Å². The van der Waals surface area contributed by atoms with Gasteiger partial charge < -0.3 is 10.6 Å². The molecule has 0 fully saturated rings. The molecule has 0 spiro atoms. The van der Waals surface area contributed by atoms with Gasteiger partial charge in [0.25, 0.3) is 5.91 Å². The number of hydrogen-bond donors (Lipinski definition) is 2. The first-order valence-electron chi connectivity index (χ1n) is 5.65. The molecule has 0 radical (unpaired) electrons. The number of anilines is 1. The highest BCUT2D eigenvalue weighted by molar-refractivity contribution is 5.92. The quantitative estimate of drug-likeness (QED) is 0.734. The van der Waals surface area contributed by atoms with Gasteiger partial charge in [-0.3, -0.25) is 4.79 Å². The lowest BCUT2D eigenvalue weighted by Crippen LogP contribution is -2.24. The van der Waals surface area contributed by atoms with Gasteiger partial charge in [0.2, 0.25) is 0 Å². The minimum Gasteiger partial charge on any atom is -0.368 e. The van der Waals surface area contributed by atoms with Gasteiger partial charge in [-0.1, -0.05) is 13.0 Å².